The van der Waals surface area contributed by atoms with Crippen LogP contribution in [0.3, 0.4) is 0 Å². The van der Waals surface area contributed by atoms with E-state index in [1.807, 2.05) is 18.4 Å². The molecule has 0 aromatic carbocycles. The lowest BCUT2D eigenvalue weighted by Crippen LogP contribution is -1.96. The van der Waals surface area contributed by atoms with Gasteiger partial charge in [-0.3, -0.25) is 0 Å². The van der Waals surface area contributed by atoms with Crippen LogP contribution < -0.4 is 0 Å². The van der Waals surface area contributed by atoms with Gasteiger partial charge in [-0.1, -0.05) is 13.0 Å². The van der Waals surface area contributed by atoms with Crippen LogP contribution in [0.25, 0.3) is 0 Å². The van der Waals surface area contributed by atoms with E-state index in [4.69, 9.17) is 9.52 Å². The molecule has 2 aromatic rings. The Hall–Kier alpha value is -1.13. The molecule has 2 aromatic heterocycles. The van der Waals surface area contributed by atoms with Gasteiger partial charge in [0.25, 0.3) is 0 Å². The summed E-state index contributed by atoms with van der Waals surface area (Å²) in [5, 5.41) is 11.0. The molecule has 0 bridgehead atoms. The summed E-state index contributed by atoms with van der Waals surface area (Å²) in [5.74, 6) is 1.49. The Labute approximate surface area is 92.4 Å². The average Bonchev–Trinajstić information content (AvgIpc) is 2.88. The molecule has 0 amide bonds. The van der Waals surface area contributed by atoms with E-state index in [2.05, 4.69) is 11.1 Å². The van der Waals surface area contributed by atoms with Gasteiger partial charge in [-0.05, 0) is 11.4 Å². The van der Waals surface area contributed by atoms with E-state index in [-0.39, 0.29) is 12.5 Å². The van der Waals surface area contributed by atoms with Crippen molar-refractivity contribution >= 4 is 11.3 Å². The van der Waals surface area contributed by atoms with Crippen molar-refractivity contribution in [1.29, 1.82) is 0 Å². The first-order valence-electron chi connectivity index (χ1n) is 4.87. The van der Waals surface area contributed by atoms with Crippen LogP contribution in [0.15, 0.2) is 28.1 Å². The fraction of sp³-hybridized carbons (Fsp3) is 0.364. The molecule has 0 saturated carbocycles. The third-order valence-corrected chi connectivity index (χ3v) is 3.11. The van der Waals surface area contributed by atoms with Crippen molar-refractivity contribution in [3.8, 4) is 0 Å². The quantitative estimate of drug-likeness (QED) is 0.865. The predicted molar refractivity (Wildman–Crippen MR) is 59.1 cm³/mol. The van der Waals surface area contributed by atoms with Gasteiger partial charge in [0.15, 0.2) is 5.89 Å². The summed E-state index contributed by atoms with van der Waals surface area (Å²) in [6.45, 7) is 2.00. The van der Waals surface area contributed by atoms with Crippen LogP contribution in [0, 0.1) is 0 Å². The van der Waals surface area contributed by atoms with Crippen LogP contribution in [0.5, 0.6) is 0 Å². The highest BCUT2D eigenvalue weighted by atomic mass is 32.1. The zero-order valence-corrected chi connectivity index (χ0v) is 9.33. The Bertz CT molecular complexity index is 408. The smallest absolute Gasteiger partial charge is 0.199 e. The van der Waals surface area contributed by atoms with Crippen LogP contribution in [0.2, 0.25) is 0 Å². The van der Waals surface area contributed by atoms with Crippen molar-refractivity contribution in [3.63, 3.8) is 0 Å². The summed E-state index contributed by atoms with van der Waals surface area (Å²) in [7, 11) is 0. The first kappa shape index (κ1) is 10.4. The SMILES string of the molecule is CC(CO)c1cnc(Cc2cccs2)o1. The Kier molecular flexibility index (Phi) is 3.18. The lowest BCUT2D eigenvalue weighted by atomic mass is 10.1. The van der Waals surface area contributed by atoms with E-state index in [1.54, 1.807) is 17.5 Å². The number of aromatic nitrogens is 1. The minimum Gasteiger partial charge on any atom is -0.445 e. The second-order valence-corrected chi connectivity index (χ2v) is 4.53. The van der Waals surface area contributed by atoms with Crippen molar-refractivity contribution in [2.24, 2.45) is 0 Å². The number of thiophene rings is 1. The van der Waals surface area contributed by atoms with Gasteiger partial charge in [0.2, 0.25) is 0 Å². The second kappa shape index (κ2) is 4.59. The van der Waals surface area contributed by atoms with E-state index >= 15 is 0 Å². The topological polar surface area (TPSA) is 46.3 Å². The van der Waals surface area contributed by atoms with Gasteiger partial charge in [-0.15, -0.1) is 11.3 Å². The fourth-order valence-corrected chi connectivity index (χ4v) is 1.98. The fourth-order valence-electron chi connectivity index (χ4n) is 1.29. The molecule has 0 fully saturated rings. The van der Waals surface area contributed by atoms with Gasteiger partial charge >= 0.3 is 0 Å². The van der Waals surface area contributed by atoms with Crippen molar-refractivity contribution in [2.45, 2.75) is 19.3 Å². The maximum absolute atomic E-state index is 8.97. The molecule has 0 aliphatic carbocycles. The largest absolute Gasteiger partial charge is 0.445 e. The van der Waals surface area contributed by atoms with Gasteiger partial charge in [-0.2, -0.15) is 0 Å². The van der Waals surface area contributed by atoms with Gasteiger partial charge in [0.05, 0.1) is 19.2 Å². The van der Waals surface area contributed by atoms with Crippen LogP contribution in [-0.2, 0) is 6.42 Å². The standard InChI is InChI=1S/C11H13NO2S/c1-8(7-13)10-6-12-11(14-10)5-9-3-2-4-15-9/h2-4,6,8,13H,5,7H2,1H3. The monoisotopic (exact) mass is 223 g/mol. The molecule has 80 valence electrons. The molecule has 1 atom stereocenters. The summed E-state index contributed by atoms with van der Waals surface area (Å²) in [6.07, 6.45) is 2.43. The Morgan fingerprint density at radius 3 is 3.13 bits per heavy atom. The molecule has 4 heteroatoms. The summed E-state index contributed by atoms with van der Waals surface area (Å²) in [6, 6.07) is 4.07. The molecular weight excluding hydrogens is 210 g/mol. The first-order valence-corrected chi connectivity index (χ1v) is 5.75. The van der Waals surface area contributed by atoms with Crippen molar-refractivity contribution < 1.29 is 9.52 Å². The molecule has 2 rings (SSSR count). The number of oxazole rings is 1. The first-order chi connectivity index (χ1) is 7.29. The predicted octanol–water partition coefficient (Wildman–Crippen LogP) is 2.42. The number of aliphatic hydroxyl groups is 1. The highest BCUT2D eigenvalue weighted by Gasteiger charge is 2.11. The summed E-state index contributed by atoms with van der Waals surface area (Å²) < 4.78 is 5.55. The lowest BCUT2D eigenvalue weighted by molar-refractivity contribution is 0.255. The molecular formula is C11H13NO2S. The number of hydrogen-bond donors (Lipinski definition) is 1. The minimum absolute atomic E-state index is 0.0228. The minimum atomic E-state index is 0.0228. The van der Waals surface area contributed by atoms with Gasteiger partial charge in [-0.25, -0.2) is 4.98 Å². The van der Waals surface area contributed by atoms with Crippen LogP contribution in [0.1, 0.15) is 29.4 Å². The molecule has 0 spiro atoms. The lowest BCUT2D eigenvalue weighted by Gasteiger charge is -2.00. The van der Waals surface area contributed by atoms with Crippen LogP contribution in [-0.4, -0.2) is 16.7 Å². The molecule has 15 heavy (non-hydrogen) atoms. The average molecular weight is 223 g/mol. The van der Waals surface area contributed by atoms with Crippen LogP contribution in [0.4, 0.5) is 0 Å². The molecule has 1 unspecified atom stereocenters. The second-order valence-electron chi connectivity index (χ2n) is 3.50. The molecule has 1 N–H and O–H groups in total. The number of aliphatic hydroxyl groups excluding tert-OH is 1. The Morgan fingerprint density at radius 1 is 1.60 bits per heavy atom. The molecule has 0 saturated heterocycles. The van der Waals surface area contributed by atoms with Gasteiger partial charge in [0.1, 0.15) is 5.76 Å². The molecule has 0 aliphatic heterocycles. The summed E-state index contributed by atoms with van der Waals surface area (Å²) in [4.78, 5) is 5.43. The molecule has 0 aliphatic rings. The van der Waals surface area contributed by atoms with E-state index < -0.39 is 0 Å². The zero-order valence-electron chi connectivity index (χ0n) is 8.51. The summed E-state index contributed by atoms with van der Waals surface area (Å²) >= 11 is 1.69. The zero-order chi connectivity index (χ0) is 10.7. The Balaban J connectivity index is 2.07. The van der Waals surface area contributed by atoms with Gasteiger partial charge in [0, 0.05) is 10.8 Å². The van der Waals surface area contributed by atoms with Crippen molar-refractivity contribution in [2.75, 3.05) is 6.61 Å². The normalized spacial score (nSPS) is 12.9. The van der Waals surface area contributed by atoms with E-state index in [9.17, 15) is 0 Å². The van der Waals surface area contributed by atoms with E-state index in [0.717, 1.165) is 12.2 Å². The third kappa shape index (κ3) is 2.46. The highest BCUT2D eigenvalue weighted by molar-refractivity contribution is 7.09. The summed E-state index contributed by atoms with van der Waals surface area (Å²) in [5.41, 5.74) is 0. The van der Waals surface area contributed by atoms with Crippen LogP contribution >= 0.6 is 11.3 Å². The maximum Gasteiger partial charge on any atom is 0.199 e. The molecule has 0 radical (unpaired) electrons. The van der Waals surface area contributed by atoms with Crippen molar-refractivity contribution in [3.05, 3.63) is 40.2 Å². The molecule has 2 heterocycles. The third-order valence-electron chi connectivity index (χ3n) is 2.24. The van der Waals surface area contributed by atoms with Gasteiger partial charge < -0.3 is 9.52 Å². The molecule has 3 nitrogen and oxygen atoms in total. The number of nitrogens with zero attached hydrogens (tertiary/aromatic N) is 1. The number of hydrogen-bond acceptors (Lipinski definition) is 4. The maximum atomic E-state index is 8.97. The van der Waals surface area contributed by atoms with Crippen molar-refractivity contribution in [1.82, 2.24) is 4.98 Å². The highest BCUT2D eigenvalue weighted by Crippen LogP contribution is 2.19. The van der Waals surface area contributed by atoms with E-state index in [0.29, 0.717) is 5.89 Å². The Morgan fingerprint density at radius 2 is 2.47 bits per heavy atom. The number of rotatable bonds is 4. The van der Waals surface area contributed by atoms with E-state index in [1.165, 1.54) is 4.88 Å².